The lowest BCUT2D eigenvalue weighted by atomic mass is 10.2. The Labute approximate surface area is 127 Å². The number of carbonyl (C=O) groups excluding carboxylic acids is 1. The second kappa shape index (κ2) is 7.22. The molecular weight excluding hydrogens is 293 g/mol. The molecule has 6 nitrogen and oxygen atoms in total. The molecule has 1 aromatic rings. The molecule has 1 unspecified atom stereocenters. The number of amides is 1. The predicted octanol–water partition coefficient (Wildman–Crippen LogP) is 1.34. The van der Waals surface area contributed by atoms with Gasteiger partial charge in [-0.05, 0) is 31.9 Å². The molecule has 0 spiro atoms. The minimum absolute atomic E-state index is 0.171. The van der Waals surface area contributed by atoms with Gasteiger partial charge in [0.05, 0.1) is 6.04 Å². The van der Waals surface area contributed by atoms with Crippen LogP contribution in [0.2, 0.25) is 0 Å². The van der Waals surface area contributed by atoms with E-state index in [1.165, 1.54) is 18.2 Å². The molecule has 1 aliphatic heterocycles. The fraction of sp³-hybridized carbons (Fsp3) is 0.467. The molecule has 0 saturated carbocycles. The van der Waals surface area contributed by atoms with Crippen molar-refractivity contribution < 1.29 is 28.6 Å². The first-order chi connectivity index (χ1) is 10.5. The summed E-state index contributed by atoms with van der Waals surface area (Å²) in [5.41, 5.74) is 0. The molecule has 1 aliphatic rings. The largest absolute Gasteiger partial charge is 0.491 e. The van der Waals surface area contributed by atoms with Crippen LogP contribution in [0.25, 0.3) is 0 Å². The van der Waals surface area contributed by atoms with Gasteiger partial charge >= 0.3 is 5.97 Å². The fourth-order valence-corrected chi connectivity index (χ4v) is 2.17. The summed E-state index contributed by atoms with van der Waals surface area (Å²) in [6, 6.07) is 5.41. The van der Waals surface area contributed by atoms with Crippen LogP contribution in [0.4, 0.5) is 4.39 Å². The van der Waals surface area contributed by atoms with Crippen LogP contribution < -0.4 is 10.1 Å². The van der Waals surface area contributed by atoms with E-state index in [1.807, 2.05) is 0 Å². The Morgan fingerprint density at radius 3 is 2.82 bits per heavy atom. The van der Waals surface area contributed by atoms with Crippen molar-refractivity contribution in [2.75, 3.05) is 6.61 Å². The quantitative estimate of drug-likeness (QED) is 0.828. The number of benzene rings is 1. The van der Waals surface area contributed by atoms with E-state index in [1.54, 1.807) is 13.0 Å². The molecule has 0 aromatic heterocycles. The number of hydrogen-bond acceptors (Lipinski definition) is 4. The number of nitrogens with one attached hydrogen (secondary N) is 1. The van der Waals surface area contributed by atoms with Gasteiger partial charge in [0.1, 0.15) is 24.3 Å². The lowest BCUT2D eigenvalue weighted by Gasteiger charge is -2.18. The van der Waals surface area contributed by atoms with E-state index in [2.05, 4.69) is 5.32 Å². The lowest BCUT2D eigenvalue weighted by Crippen LogP contribution is -2.43. The minimum Gasteiger partial charge on any atom is -0.491 e. The van der Waals surface area contributed by atoms with Gasteiger partial charge in [-0.3, -0.25) is 4.79 Å². The van der Waals surface area contributed by atoms with Crippen LogP contribution in [0.15, 0.2) is 24.3 Å². The Hall–Kier alpha value is -2.15. The third kappa shape index (κ3) is 4.42. The summed E-state index contributed by atoms with van der Waals surface area (Å²) in [5.74, 6) is -1.44. The molecule has 1 aromatic carbocycles. The molecule has 0 aliphatic carbocycles. The molecule has 0 radical (unpaired) electrons. The first-order valence-corrected chi connectivity index (χ1v) is 7.02. The van der Waals surface area contributed by atoms with E-state index in [9.17, 15) is 14.0 Å². The maximum absolute atomic E-state index is 13.0. The number of carboxylic acids is 1. The van der Waals surface area contributed by atoms with Crippen molar-refractivity contribution in [1.82, 2.24) is 5.32 Å². The summed E-state index contributed by atoms with van der Waals surface area (Å²) >= 11 is 0. The summed E-state index contributed by atoms with van der Waals surface area (Å²) in [6.07, 6.45) is -0.977. The number of carboxylic acid groups (broad SMARTS) is 1. The van der Waals surface area contributed by atoms with Crippen molar-refractivity contribution in [2.24, 2.45) is 0 Å². The van der Waals surface area contributed by atoms with Crippen LogP contribution >= 0.6 is 0 Å². The average Bonchev–Trinajstić information content (AvgIpc) is 2.95. The summed E-state index contributed by atoms with van der Waals surface area (Å²) in [5, 5.41) is 11.5. The van der Waals surface area contributed by atoms with Crippen molar-refractivity contribution >= 4 is 11.9 Å². The first kappa shape index (κ1) is 16.2. The number of ether oxygens (including phenoxy) is 2. The topological polar surface area (TPSA) is 84.9 Å². The van der Waals surface area contributed by atoms with Crippen LogP contribution in [0, 0.1) is 5.82 Å². The van der Waals surface area contributed by atoms with Crippen molar-refractivity contribution in [3.63, 3.8) is 0 Å². The summed E-state index contributed by atoms with van der Waals surface area (Å²) in [7, 11) is 0. The van der Waals surface area contributed by atoms with E-state index in [0.717, 1.165) is 0 Å². The first-order valence-electron chi connectivity index (χ1n) is 7.02. The summed E-state index contributed by atoms with van der Waals surface area (Å²) in [4.78, 5) is 22.7. The molecule has 7 heteroatoms. The van der Waals surface area contributed by atoms with Gasteiger partial charge in [-0.15, -0.1) is 0 Å². The highest BCUT2D eigenvalue weighted by atomic mass is 19.1. The van der Waals surface area contributed by atoms with E-state index < -0.39 is 24.0 Å². The van der Waals surface area contributed by atoms with E-state index >= 15 is 0 Å². The Morgan fingerprint density at radius 1 is 1.45 bits per heavy atom. The maximum atomic E-state index is 13.0. The smallest absolute Gasteiger partial charge is 0.332 e. The van der Waals surface area contributed by atoms with Crippen LogP contribution in [0.3, 0.4) is 0 Å². The van der Waals surface area contributed by atoms with Crippen molar-refractivity contribution in [3.8, 4) is 5.75 Å². The van der Waals surface area contributed by atoms with Gasteiger partial charge < -0.3 is 19.9 Å². The van der Waals surface area contributed by atoms with Crippen LogP contribution in [0.1, 0.15) is 19.8 Å². The van der Waals surface area contributed by atoms with E-state index in [4.69, 9.17) is 14.6 Å². The molecule has 1 fully saturated rings. The van der Waals surface area contributed by atoms with E-state index in [-0.39, 0.29) is 18.6 Å². The Balaban J connectivity index is 1.76. The van der Waals surface area contributed by atoms with Crippen molar-refractivity contribution in [1.29, 1.82) is 0 Å². The standard InChI is InChI=1S/C15H18FNO5/c1-9(8-21-11-4-2-3-10(16)7-11)17-14(18)12-5-6-13(22-12)15(19)20/h2-4,7,9,12-13H,5-6,8H2,1H3,(H,17,18)(H,19,20)/t9?,12-,13+/m0/s1. The highest BCUT2D eigenvalue weighted by molar-refractivity contribution is 5.82. The molecule has 1 saturated heterocycles. The zero-order chi connectivity index (χ0) is 16.1. The van der Waals surface area contributed by atoms with Gasteiger partial charge in [0, 0.05) is 6.07 Å². The Bertz CT molecular complexity index is 550. The van der Waals surface area contributed by atoms with Gasteiger partial charge in [-0.25, -0.2) is 9.18 Å². The van der Waals surface area contributed by atoms with Crippen LogP contribution in [0.5, 0.6) is 5.75 Å². The fourth-order valence-electron chi connectivity index (χ4n) is 2.17. The van der Waals surface area contributed by atoms with Gasteiger partial charge in [-0.2, -0.15) is 0 Å². The summed E-state index contributed by atoms with van der Waals surface area (Å²) < 4.78 is 23.5. The zero-order valence-corrected chi connectivity index (χ0v) is 12.1. The van der Waals surface area contributed by atoms with Gasteiger partial charge in [0.15, 0.2) is 6.10 Å². The molecule has 1 amide bonds. The highest BCUT2D eigenvalue weighted by Crippen LogP contribution is 2.20. The second-order valence-electron chi connectivity index (χ2n) is 5.21. The van der Waals surface area contributed by atoms with Crippen molar-refractivity contribution in [2.45, 2.75) is 38.0 Å². The highest BCUT2D eigenvalue weighted by Gasteiger charge is 2.35. The number of carbonyl (C=O) groups is 2. The number of halogens is 1. The Morgan fingerprint density at radius 2 is 2.18 bits per heavy atom. The molecule has 1 heterocycles. The maximum Gasteiger partial charge on any atom is 0.332 e. The third-order valence-corrected chi connectivity index (χ3v) is 3.27. The van der Waals surface area contributed by atoms with Gasteiger partial charge in [0.25, 0.3) is 0 Å². The minimum atomic E-state index is -1.06. The van der Waals surface area contributed by atoms with E-state index in [0.29, 0.717) is 18.6 Å². The average molecular weight is 311 g/mol. The predicted molar refractivity (Wildman–Crippen MR) is 75.0 cm³/mol. The van der Waals surface area contributed by atoms with Gasteiger partial charge in [0.2, 0.25) is 5.91 Å². The zero-order valence-electron chi connectivity index (χ0n) is 12.1. The normalized spacial score (nSPS) is 22.1. The van der Waals surface area contributed by atoms with Crippen LogP contribution in [-0.2, 0) is 14.3 Å². The summed E-state index contributed by atoms with van der Waals surface area (Å²) in [6.45, 7) is 1.91. The molecule has 0 bridgehead atoms. The number of rotatable bonds is 6. The second-order valence-corrected chi connectivity index (χ2v) is 5.21. The molecule has 2 N–H and O–H groups in total. The van der Waals surface area contributed by atoms with Crippen LogP contribution in [-0.4, -0.2) is 41.8 Å². The molecule has 22 heavy (non-hydrogen) atoms. The number of hydrogen-bond donors (Lipinski definition) is 2. The molecule has 120 valence electrons. The molecular formula is C15H18FNO5. The monoisotopic (exact) mass is 311 g/mol. The van der Waals surface area contributed by atoms with Crippen molar-refractivity contribution in [3.05, 3.63) is 30.1 Å². The molecule has 2 rings (SSSR count). The Kier molecular flexibility index (Phi) is 5.32. The third-order valence-electron chi connectivity index (χ3n) is 3.27. The SMILES string of the molecule is CC(COc1cccc(F)c1)NC(=O)[C@@H]1CC[C@H](C(=O)O)O1. The number of aliphatic carboxylic acids is 1. The molecule has 3 atom stereocenters. The lowest BCUT2D eigenvalue weighted by molar-refractivity contribution is -0.151. The van der Waals surface area contributed by atoms with Gasteiger partial charge in [-0.1, -0.05) is 6.07 Å².